The Kier molecular flexibility index (Phi) is 6.13. The van der Waals surface area contributed by atoms with Gasteiger partial charge in [0.15, 0.2) is 5.11 Å². The van der Waals surface area contributed by atoms with Crippen molar-refractivity contribution in [2.75, 3.05) is 36.1 Å². The quantitative estimate of drug-likeness (QED) is 0.389. The second-order valence-electron chi connectivity index (χ2n) is 8.90. The average molecular weight is 500 g/mol. The lowest BCUT2D eigenvalue weighted by molar-refractivity contribution is 0.122. The van der Waals surface area contributed by atoms with Crippen LogP contribution in [0.4, 0.5) is 15.8 Å². The molecular weight excluding hydrogens is 473 g/mol. The first-order valence-corrected chi connectivity index (χ1v) is 12.5. The molecule has 0 amide bonds. The summed E-state index contributed by atoms with van der Waals surface area (Å²) in [5.74, 6) is -0.274. The topological polar surface area (TPSA) is 45.6 Å². The lowest BCUT2D eigenvalue weighted by Gasteiger charge is -2.31. The third kappa shape index (κ3) is 4.23. The summed E-state index contributed by atoms with van der Waals surface area (Å²) in [4.78, 5) is 9.11. The Balaban J connectivity index is 1.42. The monoisotopic (exact) mass is 499 g/mol. The van der Waals surface area contributed by atoms with Crippen LogP contribution < -0.4 is 15.1 Å². The number of hydrogen-bond donors (Lipinski definition) is 1. The predicted octanol–water partition coefficient (Wildman–Crippen LogP) is 5.03. The number of pyridine rings is 1. The number of thiocarbonyl (C=S) groups is 1. The maximum absolute atomic E-state index is 14.1. The zero-order valence-corrected chi connectivity index (χ0v) is 20.4. The number of morpholine rings is 1. The zero-order valence-electron chi connectivity index (χ0n) is 19.6. The molecule has 0 unspecified atom stereocenters. The summed E-state index contributed by atoms with van der Waals surface area (Å²) in [5.41, 5.74) is 4.79. The van der Waals surface area contributed by atoms with Gasteiger partial charge >= 0.3 is 0 Å². The third-order valence-corrected chi connectivity index (χ3v) is 7.09. The first kappa shape index (κ1) is 22.7. The molecule has 2 fully saturated rings. The van der Waals surface area contributed by atoms with Gasteiger partial charge in [-0.2, -0.15) is 0 Å². The normalized spacial score (nSPS) is 20.0. The van der Waals surface area contributed by atoms with Gasteiger partial charge in [-0.25, -0.2) is 4.39 Å². The third-order valence-electron chi connectivity index (χ3n) is 6.77. The fraction of sp³-hybridized carbons (Fsp3) is 0.214. The van der Waals surface area contributed by atoms with Crippen molar-refractivity contribution < 1.29 is 9.13 Å². The van der Waals surface area contributed by atoms with Crippen LogP contribution >= 0.6 is 12.2 Å². The standard InChI is InChI=1S/C28H26FN5OS/c29-20-5-3-6-23(19-20)33-14-4-8-25(33)27-26(24-7-1-2-13-30-24)31-28(36)34(27)22-11-9-21(10-12-22)32-15-17-35-18-16-32/h1-14,19,26-27H,15-18H2,(H,31,36)/t26-,27-/m0/s1. The van der Waals surface area contributed by atoms with Gasteiger partial charge < -0.3 is 24.4 Å². The summed E-state index contributed by atoms with van der Waals surface area (Å²) < 4.78 is 21.6. The lowest BCUT2D eigenvalue weighted by Crippen LogP contribution is -2.36. The van der Waals surface area contributed by atoms with Gasteiger partial charge in [0.1, 0.15) is 11.9 Å². The van der Waals surface area contributed by atoms with E-state index < -0.39 is 0 Å². The summed E-state index contributed by atoms with van der Waals surface area (Å²) in [7, 11) is 0. The highest BCUT2D eigenvalue weighted by Gasteiger charge is 2.42. The van der Waals surface area contributed by atoms with Gasteiger partial charge in [-0.05, 0) is 78.9 Å². The number of anilines is 2. The minimum atomic E-state index is -0.274. The van der Waals surface area contributed by atoms with Gasteiger partial charge in [0, 0.05) is 48.2 Å². The van der Waals surface area contributed by atoms with Crippen molar-refractivity contribution in [3.63, 3.8) is 0 Å². The van der Waals surface area contributed by atoms with Crippen LogP contribution in [0, 0.1) is 5.82 Å². The number of ether oxygens (including phenoxy) is 1. The Hall–Kier alpha value is -3.75. The van der Waals surface area contributed by atoms with E-state index in [0.717, 1.165) is 49.1 Å². The van der Waals surface area contributed by atoms with Crippen molar-refractivity contribution in [3.8, 4) is 5.69 Å². The van der Waals surface area contributed by atoms with Crippen LogP contribution in [-0.2, 0) is 4.74 Å². The summed E-state index contributed by atoms with van der Waals surface area (Å²) in [5, 5.41) is 4.13. The van der Waals surface area contributed by atoms with Crippen molar-refractivity contribution in [1.29, 1.82) is 0 Å². The molecule has 8 heteroatoms. The van der Waals surface area contributed by atoms with Crippen molar-refractivity contribution in [2.45, 2.75) is 12.1 Å². The van der Waals surface area contributed by atoms with Crippen molar-refractivity contribution in [3.05, 3.63) is 108 Å². The summed E-state index contributed by atoms with van der Waals surface area (Å²) in [6.45, 7) is 3.25. The van der Waals surface area contributed by atoms with E-state index in [2.05, 4.69) is 50.4 Å². The van der Waals surface area contributed by atoms with Gasteiger partial charge in [0.2, 0.25) is 0 Å². The Morgan fingerprint density at radius 1 is 0.889 bits per heavy atom. The number of rotatable bonds is 5. The van der Waals surface area contributed by atoms with Crippen LogP contribution in [0.3, 0.4) is 0 Å². The van der Waals surface area contributed by atoms with Crippen LogP contribution in [0.1, 0.15) is 23.5 Å². The van der Waals surface area contributed by atoms with Crippen molar-refractivity contribution >= 4 is 28.7 Å². The van der Waals surface area contributed by atoms with Gasteiger partial charge in [0.25, 0.3) is 0 Å². The van der Waals surface area contributed by atoms with Gasteiger partial charge in [0.05, 0.1) is 24.9 Å². The molecule has 2 aliphatic heterocycles. The molecule has 0 saturated carbocycles. The number of hydrogen-bond acceptors (Lipinski definition) is 4. The molecule has 182 valence electrons. The Labute approximate surface area is 214 Å². The number of nitrogens with zero attached hydrogens (tertiary/aromatic N) is 4. The molecule has 6 rings (SSSR count). The molecule has 2 atom stereocenters. The van der Waals surface area contributed by atoms with Gasteiger partial charge in [-0.15, -0.1) is 0 Å². The molecule has 1 N–H and O–H groups in total. The number of nitrogens with one attached hydrogen (secondary N) is 1. The molecule has 2 aromatic carbocycles. The Bertz CT molecular complexity index is 1350. The van der Waals surface area contributed by atoms with Crippen LogP contribution in [0.15, 0.2) is 91.3 Å². The number of halogens is 1. The maximum Gasteiger partial charge on any atom is 0.174 e. The molecule has 4 aromatic rings. The highest BCUT2D eigenvalue weighted by molar-refractivity contribution is 7.80. The van der Waals surface area contributed by atoms with Crippen LogP contribution in [0.2, 0.25) is 0 Å². The van der Waals surface area contributed by atoms with Crippen molar-refractivity contribution in [2.24, 2.45) is 0 Å². The zero-order chi connectivity index (χ0) is 24.5. The summed E-state index contributed by atoms with van der Waals surface area (Å²) in [6, 6.07) is 24.7. The second-order valence-corrected chi connectivity index (χ2v) is 9.28. The minimum Gasteiger partial charge on any atom is -0.378 e. The molecule has 4 heterocycles. The highest BCUT2D eigenvalue weighted by Crippen LogP contribution is 2.42. The Morgan fingerprint density at radius 2 is 1.69 bits per heavy atom. The van der Waals surface area contributed by atoms with Crippen LogP contribution in [0.25, 0.3) is 5.69 Å². The molecule has 2 saturated heterocycles. The first-order chi connectivity index (χ1) is 17.7. The molecule has 0 bridgehead atoms. The van der Waals surface area contributed by atoms with E-state index in [1.165, 1.54) is 11.8 Å². The van der Waals surface area contributed by atoms with E-state index in [0.29, 0.717) is 5.11 Å². The van der Waals surface area contributed by atoms with Gasteiger partial charge in [-0.3, -0.25) is 4.98 Å². The maximum atomic E-state index is 14.1. The van der Waals surface area contributed by atoms with E-state index in [1.54, 1.807) is 18.3 Å². The fourth-order valence-corrected chi connectivity index (χ4v) is 5.42. The molecule has 0 aliphatic carbocycles. The summed E-state index contributed by atoms with van der Waals surface area (Å²) >= 11 is 5.88. The smallest absolute Gasteiger partial charge is 0.174 e. The average Bonchev–Trinajstić information content (AvgIpc) is 3.54. The van der Waals surface area contributed by atoms with E-state index in [1.807, 2.05) is 41.1 Å². The minimum absolute atomic E-state index is 0.181. The molecule has 0 spiro atoms. The summed E-state index contributed by atoms with van der Waals surface area (Å²) in [6.07, 6.45) is 3.75. The Morgan fingerprint density at radius 3 is 2.44 bits per heavy atom. The number of benzene rings is 2. The fourth-order valence-electron chi connectivity index (χ4n) is 5.08. The molecular formula is C28H26FN5OS. The molecule has 6 nitrogen and oxygen atoms in total. The molecule has 2 aromatic heterocycles. The largest absolute Gasteiger partial charge is 0.378 e. The first-order valence-electron chi connectivity index (χ1n) is 12.1. The second kappa shape index (κ2) is 9.72. The van der Waals surface area contributed by atoms with E-state index in [9.17, 15) is 4.39 Å². The number of aromatic nitrogens is 2. The van der Waals surface area contributed by atoms with Crippen molar-refractivity contribution in [1.82, 2.24) is 14.9 Å². The van der Waals surface area contributed by atoms with Gasteiger partial charge in [-0.1, -0.05) is 12.1 Å². The van der Waals surface area contributed by atoms with Crippen LogP contribution in [0.5, 0.6) is 0 Å². The highest BCUT2D eigenvalue weighted by atomic mass is 32.1. The predicted molar refractivity (Wildman–Crippen MR) is 143 cm³/mol. The molecule has 36 heavy (non-hydrogen) atoms. The van der Waals surface area contributed by atoms with E-state index in [4.69, 9.17) is 17.0 Å². The SMILES string of the molecule is Fc1cccc(-n2cccc2[C@H]2[C@H](c3ccccn3)NC(=S)N2c2ccc(N3CCOCC3)cc2)c1. The molecule has 0 radical (unpaired) electrons. The van der Waals surface area contributed by atoms with E-state index >= 15 is 0 Å². The lowest BCUT2D eigenvalue weighted by atomic mass is 10.0. The molecule has 2 aliphatic rings. The van der Waals surface area contributed by atoms with Crippen LogP contribution in [-0.4, -0.2) is 41.0 Å². The van der Waals surface area contributed by atoms with E-state index in [-0.39, 0.29) is 17.9 Å².